The topological polar surface area (TPSA) is 29.5 Å². The normalized spacial score (nSPS) is 24.8. The number of nitrogens with zero attached hydrogens (tertiary/aromatic N) is 1. The predicted molar refractivity (Wildman–Crippen MR) is 66.8 cm³/mol. The number of esters is 1. The lowest BCUT2D eigenvalue weighted by Crippen LogP contribution is -2.41. The largest absolute Gasteiger partial charge is 0.469 e. The zero-order chi connectivity index (χ0) is 13.1. The molecule has 3 nitrogen and oxygen atoms in total. The Kier molecular flexibility index (Phi) is 3.97. The summed E-state index contributed by atoms with van der Waals surface area (Å²) >= 11 is 0. The average molecular weight is 251 g/mol. The second kappa shape index (κ2) is 5.48. The maximum atomic E-state index is 12.9. The van der Waals surface area contributed by atoms with E-state index in [9.17, 15) is 9.18 Å². The molecule has 1 aromatic rings. The molecule has 0 spiro atoms. The Bertz CT molecular complexity index is 418. The minimum Gasteiger partial charge on any atom is -0.469 e. The Morgan fingerprint density at radius 1 is 1.39 bits per heavy atom. The maximum Gasteiger partial charge on any atom is 0.310 e. The average Bonchev–Trinajstić information content (AvgIpc) is 2.39. The van der Waals surface area contributed by atoms with Crippen molar-refractivity contribution in [2.24, 2.45) is 5.92 Å². The molecule has 0 amide bonds. The van der Waals surface area contributed by atoms with Gasteiger partial charge in [0.15, 0.2) is 0 Å². The van der Waals surface area contributed by atoms with E-state index in [4.69, 9.17) is 4.74 Å². The van der Waals surface area contributed by atoms with Crippen LogP contribution in [0.5, 0.6) is 0 Å². The van der Waals surface area contributed by atoms with Gasteiger partial charge in [-0.15, -0.1) is 0 Å². The third-order valence-electron chi connectivity index (χ3n) is 3.62. The number of carbonyl (C=O) groups excluding carboxylic acids is 1. The van der Waals surface area contributed by atoms with Crippen molar-refractivity contribution >= 4 is 5.97 Å². The summed E-state index contributed by atoms with van der Waals surface area (Å²) in [5, 5.41) is 0. The van der Waals surface area contributed by atoms with E-state index in [0.717, 1.165) is 18.5 Å². The van der Waals surface area contributed by atoms with Crippen molar-refractivity contribution in [2.45, 2.75) is 12.3 Å². The van der Waals surface area contributed by atoms with Gasteiger partial charge in [-0.1, -0.05) is 12.1 Å². The molecule has 1 aliphatic rings. The van der Waals surface area contributed by atoms with Crippen LogP contribution in [-0.2, 0) is 9.53 Å². The van der Waals surface area contributed by atoms with Crippen molar-refractivity contribution in [1.82, 2.24) is 4.90 Å². The van der Waals surface area contributed by atoms with Crippen molar-refractivity contribution in [1.29, 1.82) is 0 Å². The van der Waals surface area contributed by atoms with Gasteiger partial charge in [0.05, 0.1) is 13.0 Å². The molecule has 0 bridgehead atoms. The molecule has 0 unspecified atom stereocenters. The third kappa shape index (κ3) is 2.70. The molecule has 0 aromatic heterocycles. The van der Waals surface area contributed by atoms with Crippen LogP contribution >= 0.6 is 0 Å². The summed E-state index contributed by atoms with van der Waals surface area (Å²) in [6.45, 7) is 1.63. The van der Waals surface area contributed by atoms with Crippen LogP contribution in [0.4, 0.5) is 4.39 Å². The highest BCUT2D eigenvalue weighted by Crippen LogP contribution is 2.33. The van der Waals surface area contributed by atoms with Gasteiger partial charge in [0.25, 0.3) is 0 Å². The van der Waals surface area contributed by atoms with Crippen LogP contribution < -0.4 is 0 Å². The predicted octanol–water partition coefficient (Wildman–Crippen LogP) is 2.03. The van der Waals surface area contributed by atoms with Gasteiger partial charge < -0.3 is 9.64 Å². The van der Waals surface area contributed by atoms with Gasteiger partial charge in [-0.05, 0) is 43.6 Å². The van der Waals surface area contributed by atoms with Gasteiger partial charge in [0, 0.05) is 6.54 Å². The standard InChI is InChI=1S/C14H18FNO2/c1-16-8-7-12(13(9-16)14(17)18-2)10-3-5-11(15)6-4-10/h3-6,12-13H,7-9H2,1-2H3/t12-,13-/m0/s1. The fourth-order valence-corrected chi connectivity index (χ4v) is 2.61. The number of hydrogen-bond acceptors (Lipinski definition) is 3. The first-order valence-corrected chi connectivity index (χ1v) is 6.13. The van der Waals surface area contributed by atoms with Crippen LogP contribution in [0.15, 0.2) is 24.3 Å². The van der Waals surface area contributed by atoms with Gasteiger partial charge in [-0.2, -0.15) is 0 Å². The van der Waals surface area contributed by atoms with Gasteiger partial charge >= 0.3 is 5.97 Å². The fourth-order valence-electron chi connectivity index (χ4n) is 2.61. The summed E-state index contributed by atoms with van der Waals surface area (Å²) in [6, 6.07) is 6.42. The van der Waals surface area contributed by atoms with E-state index in [1.54, 1.807) is 12.1 Å². The maximum absolute atomic E-state index is 12.9. The molecular formula is C14H18FNO2. The monoisotopic (exact) mass is 251 g/mol. The molecule has 0 radical (unpaired) electrons. The zero-order valence-corrected chi connectivity index (χ0v) is 10.7. The second-order valence-electron chi connectivity index (χ2n) is 4.84. The van der Waals surface area contributed by atoms with E-state index in [0.29, 0.717) is 6.54 Å². The van der Waals surface area contributed by atoms with Crippen LogP contribution in [0.3, 0.4) is 0 Å². The zero-order valence-electron chi connectivity index (χ0n) is 10.7. The summed E-state index contributed by atoms with van der Waals surface area (Å²) in [4.78, 5) is 14.0. The molecule has 0 aliphatic carbocycles. The molecule has 1 aliphatic heterocycles. The number of piperidine rings is 1. The molecule has 98 valence electrons. The molecule has 1 aromatic carbocycles. The van der Waals surface area contributed by atoms with E-state index in [2.05, 4.69) is 4.90 Å². The quantitative estimate of drug-likeness (QED) is 0.753. The van der Waals surface area contributed by atoms with Gasteiger partial charge in [0.1, 0.15) is 5.82 Å². The van der Waals surface area contributed by atoms with Crippen LogP contribution in [-0.4, -0.2) is 38.1 Å². The minimum atomic E-state index is -0.249. The van der Waals surface area contributed by atoms with E-state index in [1.165, 1.54) is 19.2 Å². The number of hydrogen-bond donors (Lipinski definition) is 0. The van der Waals surface area contributed by atoms with E-state index in [-0.39, 0.29) is 23.6 Å². The third-order valence-corrected chi connectivity index (χ3v) is 3.62. The smallest absolute Gasteiger partial charge is 0.310 e. The number of halogens is 1. The second-order valence-corrected chi connectivity index (χ2v) is 4.84. The first kappa shape index (κ1) is 13.0. The number of rotatable bonds is 2. The van der Waals surface area contributed by atoms with Crippen molar-refractivity contribution in [3.8, 4) is 0 Å². The Labute approximate surface area is 107 Å². The lowest BCUT2D eigenvalue weighted by Gasteiger charge is -2.35. The van der Waals surface area contributed by atoms with Gasteiger partial charge in [0.2, 0.25) is 0 Å². The fraction of sp³-hybridized carbons (Fsp3) is 0.500. The minimum absolute atomic E-state index is 0.120. The number of carbonyl (C=O) groups is 1. The molecule has 2 rings (SSSR count). The summed E-state index contributed by atoms with van der Waals surface area (Å²) < 4.78 is 17.8. The Morgan fingerprint density at radius 3 is 2.67 bits per heavy atom. The molecule has 1 fully saturated rings. The molecule has 1 saturated heterocycles. The van der Waals surface area contributed by atoms with Crippen molar-refractivity contribution in [3.05, 3.63) is 35.6 Å². The van der Waals surface area contributed by atoms with Crippen molar-refractivity contribution in [3.63, 3.8) is 0 Å². The Hall–Kier alpha value is -1.42. The summed E-state index contributed by atoms with van der Waals surface area (Å²) in [6.07, 6.45) is 0.891. The summed E-state index contributed by atoms with van der Waals surface area (Å²) in [5.74, 6) is -0.481. The first-order chi connectivity index (χ1) is 8.61. The van der Waals surface area contributed by atoms with Gasteiger partial charge in [-0.3, -0.25) is 4.79 Å². The lowest BCUT2D eigenvalue weighted by molar-refractivity contribution is -0.148. The highest BCUT2D eigenvalue weighted by Gasteiger charge is 2.34. The Morgan fingerprint density at radius 2 is 2.06 bits per heavy atom. The molecule has 4 heteroatoms. The molecule has 1 heterocycles. The van der Waals surface area contributed by atoms with E-state index >= 15 is 0 Å². The van der Waals surface area contributed by atoms with Crippen LogP contribution in [0.1, 0.15) is 17.9 Å². The van der Waals surface area contributed by atoms with Crippen molar-refractivity contribution < 1.29 is 13.9 Å². The molecular weight excluding hydrogens is 233 g/mol. The molecule has 18 heavy (non-hydrogen) atoms. The van der Waals surface area contributed by atoms with E-state index < -0.39 is 0 Å². The summed E-state index contributed by atoms with van der Waals surface area (Å²) in [5.41, 5.74) is 1.01. The lowest BCUT2D eigenvalue weighted by atomic mass is 9.80. The van der Waals surface area contributed by atoms with Crippen LogP contribution in [0.2, 0.25) is 0 Å². The molecule has 2 atom stereocenters. The first-order valence-electron chi connectivity index (χ1n) is 6.13. The van der Waals surface area contributed by atoms with Crippen LogP contribution in [0, 0.1) is 11.7 Å². The Balaban J connectivity index is 2.23. The number of likely N-dealkylation sites (tertiary alicyclic amines) is 1. The molecule has 0 N–H and O–H groups in total. The van der Waals surface area contributed by atoms with E-state index in [1.807, 2.05) is 7.05 Å². The summed E-state index contributed by atoms with van der Waals surface area (Å²) in [7, 11) is 3.41. The van der Waals surface area contributed by atoms with Crippen LogP contribution in [0.25, 0.3) is 0 Å². The number of benzene rings is 1. The number of ether oxygens (including phenoxy) is 1. The highest BCUT2D eigenvalue weighted by molar-refractivity contribution is 5.74. The SMILES string of the molecule is COC(=O)[C@H]1CN(C)CC[C@H]1c1ccc(F)cc1. The number of methoxy groups -OCH3 is 1. The van der Waals surface area contributed by atoms with Crippen molar-refractivity contribution in [2.75, 3.05) is 27.2 Å². The highest BCUT2D eigenvalue weighted by atomic mass is 19.1. The molecule has 0 saturated carbocycles. The van der Waals surface area contributed by atoms with Gasteiger partial charge in [-0.25, -0.2) is 4.39 Å².